The Balaban J connectivity index is 2.06. The molecule has 0 saturated carbocycles. The largest absolute Gasteiger partial charge is 0.494 e. The van der Waals surface area contributed by atoms with E-state index >= 15 is 0 Å². The number of hydrogen-bond acceptors (Lipinski definition) is 1. The third-order valence-corrected chi connectivity index (χ3v) is 6.24. The summed E-state index contributed by atoms with van der Waals surface area (Å²) in [6, 6.07) is 18.5. The zero-order valence-electron chi connectivity index (χ0n) is 11.6. The molecule has 0 radical (unpaired) electrons. The first-order valence-corrected chi connectivity index (χ1v) is 9.79. The van der Waals surface area contributed by atoms with Crippen molar-refractivity contribution in [1.29, 1.82) is 0 Å². The van der Waals surface area contributed by atoms with Crippen molar-refractivity contribution in [3.05, 3.63) is 64.6 Å². The average Bonchev–Trinajstić information content (AvgIpc) is 2.54. The van der Waals surface area contributed by atoms with Crippen molar-refractivity contribution in [3.8, 4) is 5.75 Å². The zero-order valence-corrected chi connectivity index (χ0v) is 16.3. The molecule has 0 fully saturated rings. The molecule has 2 rings (SSSR count). The van der Waals surface area contributed by atoms with Crippen LogP contribution in [-0.4, -0.2) is 17.3 Å². The van der Waals surface area contributed by atoms with Crippen LogP contribution in [0.5, 0.6) is 5.75 Å². The zero-order chi connectivity index (χ0) is 15.1. The van der Waals surface area contributed by atoms with Crippen LogP contribution in [0.1, 0.15) is 12.0 Å². The Morgan fingerprint density at radius 3 is 2.05 bits per heavy atom. The van der Waals surface area contributed by atoms with E-state index in [4.69, 9.17) is 4.74 Å². The summed E-state index contributed by atoms with van der Waals surface area (Å²) in [5, 5.41) is 1.79. The molecule has 0 unspecified atom stereocenters. The van der Waals surface area contributed by atoms with Crippen molar-refractivity contribution in [3.63, 3.8) is 0 Å². The van der Waals surface area contributed by atoms with E-state index in [1.807, 2.05) is 30.3 Å². The number of rotatable bonds is 7. The number of ether oxygens (including phenoxy) is 1. The molecule has 2 aromatic rings. The minimum Gasteiger partial charge on any atom is -0.494 e. The van der Waals surface area contributed by atoms with Gasteiger partial charge in [-0.15, -0.1) is 0 Å². The molecule has 0 heterocycles. The van der Waals surface area contributed by atoms with Crippen molar-refractivity contribution in [2.24, 2.45) is 0 Å². The summed E-state index contributed by atoms with van der Waals surface area (Å²) in [6.07, 6.45) is 0.944. The highest BCUT2D eigenvalue weighted by molar-refractivity contribution is 9.10. The highest BCUT2D eigenvalue weighted by Crippen LogP contribution is 2.33. The Bertz CT molecular complexity index is 536. The third kappa shape index (κ3) is 4.57. The van der Waals surface area contributed by atoms with Crippen LogP contribution in [0.15, 0.2) is 59.1 Å². The van der Waals surface area contributed by atoms with Gasteiger partial charge in [0.2, 0.25) is 0 Å². The van der Waals surface area contributed by atoms with E-state index in [1.165, 1.54) is 5.56 Å². The highest BCUT2D eigenvalue weighted by atomic mass is 79.9. The second-order valence-corrected chi connectivity index (χ2v) is 7.00. The molecule has 112 valence electrons. The molecule has 0 N–H and O–H groups in total. The topological polar surface area (TPSA) is 9.23 Å². The lowest BCUT2D eigenvalue weighted by molar-refractivity contribution is 0.277. The van der Waals surface area contributed by atoms with Gasteiger partial charge < -0.3 is 4.74 Å². The van der Waals surface area contributed by atoms with Crippen molar-refractivity contribution in [1.82, 2.24) is 0 Å². The van der Waals surface area contributed by atoms with E-state index in [0.717, 1.165) is 27.3 Å². The summed E-state index contributed by atoms with van der Waals surface area (Å²) in [5.74, 6) is 0.923. The number of benzene rings is 2. The number of halogens is 3. The Morgan fingerprint density at radius 2 is 1.48 bits per heavy atom. The molecule has 4 heteroatoms. The minimum absolute atomic E-state index is 0.0372. The molecule has 0 aromatic heterocycles. The molecular formula is C17H17Br3O. The fourth-order valence-corrected chi connectivity index (χ4v) is 4.55. The van der Waals surface area contributed by atoms with E-state index in [-0.39, 0.29) is 5.41 Å². The maximum atomic E-state index is 5.86. The van der Waals surface area contributed by atoms with Crippen LogP contribution in [0.3, 0.4) is 0 Å². The highest BCUT2D eigenvalue weighted by Gasteiger charge is 2.30. The Morgan fingerprint density at radius 1 is 0.857 bits per heavy atom. The van der Waals surface area contributed by atoms with Crippen LogP contribution >= 0.6 is 47.8 Å². The molecule has 0 bridgehead atoms. The van der Waals surface area contributed by atoms with E-state index in [1.54, 1.807) is 0 Å². The average molecular weight is 477 g/mol. The van der Waals surface area contributed by atoms with Crippen LogP contribution in [0.4, 0.5) is 0 Å². The van der Waals surface area contributed by atoms with E-state index in [0.29, 0.717) is 6.61 Å². The fraction of sp³-hybridized carbons (Fsp3) is 0.294. The summed E-state index contributed by atoms with van der Waals surface area (Å²) in [7, 11) is 0. The second-order valence-electron chi connectivity index (χ2n) is 4.97. The maximum Gasteiger partial charge on any atom is 0.119 e. The van der Waals surface area contributed by atoms with Gasteiger partial charge in [-0.05, 0) is 36.2 Å². The van der Waals surface area contributed by atoms with Gasteiger partial charge in [-0.25, -0.2) is 0 Å². The SMILES string of the molecule is BrCC(CBr)(CCOc1ccccc1)c1ccc(Br)cc1. The maximum absolute atomic E-state index is 5.86. The van der Waals surface area contributed by atoms with Crippen LogP contribution in [0, 0.1) is 0 Å². The van der Waals surface area contributed by atoms with Gasteiger partial charge in [0.15, 0.2) is 0 Å². The summed E-state index contributed by atoms with van der Waals surface area (Å²) >= 11 is 10.8. The third-order valence-electron chi connectivity index (χ3n) is 3.56. The van der Waals surface area contributed by atoms with E-state index in [9.17, 15) is 0 Å². The van der Waals surface area contributed by atoms with Crippen LogP contribution in [0.25, 0.3) is 0 Å². The molecule has 0 spiro atoms. The van der Waals surface area contributed by atoms with Gasteiger partial charge in [0.1, 0.15) is 5.75 Å². The lowest BCUT2D eigenvalue weighted by Gasteiger charge is -2.30. The van der Waals surface area contributed by atoms with E-state index in [2.05, 4.69) is 72.1 Å². The Kier molecular flexibility index (Phi) is 6.77. The standard InChI is InChI=1S/C17H17Br3O/c18-12-17(13-19,14-6-8-15(20)9-7-14)10-11-21-16-4-2-1-3-5-16/h1-9H,10-13H2. The minimum atomic E-state index is 0.0372. The number of para-hydroxylation sites is 1. The lowest BCUT2D eigenvalue weighted by atomic mass is 9.82. The Labute approximate surface area is 151 Å². The van der Waals surface area contributed by atoms with Gasteiger partial charge in [0.05, 0.1) is 6.61 Å². The first-order chi connectivity index (χ1) is 10.2. The first kappa shape index (κ1) is 17.0. The number of alkyl halides is 2. The van der Waals surface area contributed by atoms with Crippen molar-refractivity contribution < 1.29 is 4.74 Å². The predicted octanol–water partition coefficient (Wildman–Crippen LogP) is 5.95. The Hall–Kier alpha value is -0.320. The second kappa shape index (κ2) is 8.35. The monoisotopic (exact) mass is 474 g/mol. The van der Waals surface area contributed by atoms with Gasteiger partial charge in [0.25, 0.3) is 0 Å². The summed E-state index contributed by atoms with van der Waals surface area (Å²) in [5.41, 5.74) is 1.35. The summed E-state index contributed by atoms with van der Waals surface area (Å²) in [6.45, 7) is 0.692. The van der Waals surface area contributed by atoms with Crippen LogP contribution in [0.2, 0.25) is 0 Å². The first-order valence-electron chi connectivity index (χ1n) is 6.76. The van der Waals surface area contributed by atoms with Crippen molar-refractivity contribution in [2.45, 2.75) is 11.8 Å². The molecule has 0 aliphatic carbocycles. The quantitative estimate of drug-likeness (QED) is 0.449. The van der Waals surface area contributed by atoms with Gasteiger partial charge >= 0.3 is 0 Å². The molecule has 0 atom stereocenters. The molecule has 2 aromatic carbocycles. The van der Waals surface area contributed by atoms with Gasteiger partial charge in [0, 0.05) is 20.5 Å². The number of hydrogen-bond donors (Lipinski definition) is 0. The van der Waals surface area contributed by atoms with Crippen molar-refractivity contribution >= 4 is 47.8 Å². The van der Waals surface area contributed by atoms with E-state index < -0.39 is 0 Å². The normalized spacial score (nSPS) is 11.4. The fourth-order valence-electron chi connectivity index (χ4n) is 2.15. The van der Waals surface area contributed by atoms with Crippen LogP contribution < -0.4 is 4.74 Å². The van der Waals surface area contributed by atoms with Gasteiger partial charge in [-0.3, -0.25) is 0 Å². The molecule has 0 aliphatic rings. The molecule has 0 saturated heterocycles. The van der Waals surface area contributed by atoms with Crippen molar-refractivity contribution in [2.75, 3.05) is 17.3 Å². The summed E-state index contributed by atoms with van der Waals surface area (Å²) in [4.78, 5) is 0. The van der Waals surface area contributed by atoms with Gasteiger partial charge in [-0.2, -0.15) is 0 Å². The smallest absolute Gasteiger partial charge is 0.119 e. The molecule has 0 aliphatic heterocycles. The van der Waals surface area contributed by atoms with Gasteiger partial charge in [-0.1, -0.05) is 78.1 Å². The molecule has 21 heavy (non-hydrogen) atoms. The molecular weight excluding hydrogens is 460 g/mol. The lowest BCUT2D eigenvalue weighted by Crippen LogP contribution is -2.32. The predicted molar refractivity (Wildman–Crippen MR) is 100.0 cm³/mol. The molecule has 0 amide bonds. The molecule has 1 nitrogen and oxygen atoms in total. The summed E-state index contributed by atoms with van der Waals surface area (Å²) < 4.78 is 6.96. The van der Waals surface area contributed by atoms with Crippen LogP contribution in [-0.2, 0) is 5.41 Å².